The molecule has 2 rings (SSSR count). The zero-order valence-electron chi connectivity index (χ0n) is 12.2. The highest BCUT2D eigenvalue weighted by Crippen LogP contribution is 2.44. The minimum absolute atomic E-state index is 0.107. The number of carbonyl (C=O) groups is 1. The number of nitrogen functional groups attached to an aromatic ring is 1. The molecular formula is C16H23ClN2O. The van der Waals surface area contributed by atoms with Crippen LogP contribution in [0.1, 0.15) is 46.0 Å². The molecule has 1 aliphatic rings. The van der Waals surface area contributed by atoms with Crippen molar-refractivity contribution in [1.82, 2.24) is 0 Å². The molecule has 1 fully saturated rings. The van der Waals surface area contributed by atoms with Gasteiger partial charge in [0.15, 0.2) is 0 Å². The Hall–Kier alpha value is -1.22. The minimum Gasteiger partial charge on any atom is -0.399 e. The SMILES string of the molecule is CC(C)CC1(C(=O)Nc2ccc(N)cc2Cl)CCCC1. The number of halogens is 1. The Bertz CT molecular complexity index is 493. The van der Waals surface area contributed by atoms with Crippen LogP contribution in [0.3, 0.4) is 0 Å². The van der Waals surface area contributed by atoms with Crippen LogP contribution in [0.2, 0.25) is 5.02 Å². The summed E-state index contributed by atoms with van der Waals surface area (Å²) >= 11 is 6.14. The molecular weight excluding hydrogens is 272 g/mol. The first-order valence-corrected chi connectivity index (χ1v) is 7.67. The summed E-state index contributed by atoms with van der Waals surface area (Å²) in [4.78, 5) is 12.7. The summed E-state index contributed by atoms with van der Waals surface area (Å²) in [6.45, 7) is 4.34. The van der Waals surface area contributed by atoms with E-state index in [0.29, 0.717) is 22.3 Å². The Morgan fingerprint density at radius 3 is 2.60 bits per heavy atom. The Balaban J connectivity index is 2.16. The molecule has 4 heteroatoms. The maximum atomic E-state index is 12.7. The van der Waals surface area contributed by atoms with E-state index in [1.165, 1.54) is 0 Å². The second kappa shape index (κ2) is 6.04. The summed E-state index contributed by atoms with van der Waals surface area (Å²) in [5.41, 5.74) is 6.71. The third-order valence-electron chi connectivity index (χ3n) is 4.08. The van der Waals surface area contributed by atoms with E-state index in [4.69, 9.17) is 17.3 Å². The number of hydrogen-bond acceptors (Lipinski definition) is 2. The number of anilines is 2. The largest absolute Gasteiger partial charge is 0.399 e. The summed E-state index contributed by atoms with van der Waals surface area (Å²) in [7, 11) is 0. The number of rotatable bonds is 4. The van der Waals surface area contributed by atoms with Gasteiger partial charge in [-0.2, -0.15) is 0 Å². The number of nitrogens with one attached hydrogen (secondary N) is 1. The lowest BCUT2D eigenvalue weighted by Gasteiger charge is -2.29. The number of hydrogen-bond donors (Lipinski definition) is 2. The van der Waals surface area contributed by atoms with E-state index < -0.39 is 0 Å². The molecule has 0 aliphatic heterocycles. The number of nitrogens with two attached hydrogens (primary N) is 1. The van der Waals surface area contributed by atoms with Crippen molar-refractivity contribution < 1.29 is 4.79 Å². The van der Waals surface area contributed by atoms with E-state index in [0.717, 1.165) is 32.1 Å². The van der Waals surface area contributed by atoms with Gasteiger partial charge >= 0.3 is 0 Å². The maximum absolute atomic E-state index is 12.7. The summed E-state index contributed by atoms with van der Waals surface area (Å²) < 4.78 is 0. The molecule has 1 aromatic rings. The Morgan fingerprint density at radius 2 is 2.05 bits per heavy atom. The van der Waals surface area contributed by atoms with Crippen LogP contribution in [0, 0.1) is 11.3 Å². The van der Waals surface area contributed by atoms with Gasteiger partial charge in [0.1, 0.15) is 0 Å². The van der Waals surface area contributed by atoms with Crippen molar-refractivity contribution >= 4 is 28.9 Å². The number of carbonyl (C=O) groups excluding carboxylic acids is 1. The van der Waals surface area contributed by atoms with Gasteiger partial charge in [-0.3, -0.25) is 4.79 Å². The predicted molar refractivity (Wildman–Crippen MR) is 84.9 cm³/mol. The quantitative estimate of drug-likeness (QED) is 0.805. The van der Waals surface area contributed by atoms with Crippen LogP contribution in [-0.2, 0) is 4.79 Å². The second-order valence-corrected chi connectivity index (χ2v) is 6.69. The monoisotopic (exact) mass is 294 g/mol. The van der Waals surface area contributed by atoms with Crippen LogP contribution in [-0.4, -0.2) is 5.91 Å². The zero-order valence-corrected chi connectivity index (χ0v) is 13.0. The summed E-state index contributed by atoms with van der Waals surface area (Å²) in [5.74, 6) is 0.621. The lowest BCUT2D eigenvalue weighted by Crippen LogP contribution is -2.35. The van der Waals surface area contributed by atoms with Crippen LogP contribution in [0.15, 0.2) is 18.2 Å². The van der Waals surface area contributed by atoms with Gasteiger partial charge in [-0.1, -0.05) is 38.3 Å². The van der Waals surface area contributed by atoms with E-state index in [1.54, 1.807) is 18.2 Å². The van der Waals surface area contributed by atoms with Crippen LogP contribution in [0.25, 0.3) is 0 Å². The third-order valence-corrected chi connectivity index (χ3v) is 4.40. The van der Waals surface area contributed by atoms with Crippen molar-refractivity contribution in [3.8, 4) is 0 Å². The second-order valence-electron chi connectivity index (χ2n) is 6.28. The van der Waals surface area contributed by atoms with Crippen LogP contribution < -0.4 is 11.1 Å². The third kappa shape index (κ3) is 3.26. The molecule has 1 amide bonds. The highest BCUT2D eigenvalue weighted by molar-refractivity contribution is 6.34. The number of amides is 1. The Kier molecular flexibility index (Phi) is 4.59. The van der Waals surface area contributed by atoms with Gasteiger partial charge in [-0.25, -0.2) is 0 Å². The molecule has 1 aliphatic carbocycles. The molecule has 1 saturated carbocycles. The van der Waals surface area contributed by atoms with Crippen molar-refractivity contribution in [3.05, 3.63) is 23.2 Å². The fraction of sp³-hybridized carbons (Fsp3) is 0.562. The highest BCUT2D eigenvalue weighted by atomic mass is 35.5. The number of benzene rings is 1. The molecule has 0 atom stereocenters. The molecule has 3 nitrogen and oxygen atoms in total. The van der Waals surface area contributed by atoms with E-state index in [2.05, 4.69) is 19.2 Å². The molecule has 20 heavy (non-hydrogen) atoms. The summed E-state index contributed by atoms with van der Waals surface area (Å²) in [5, 5.41) is 3.50. The molecule has 0 spiro atoms. The highest BCUT2D eigenvalue weighted by Gasteiger charge is 2.41. The molecule has 0 saturated heterocycles. The van der Waals surface area contributed by atoms with Crippen LogP contribution in [0.4, 0.5) is 11.4 Å². The van der Waals surface area contributed by atoms with Gasteiger partial charge in [0, 0.05) is 11.1 Å². The van der Waals surface area contributed by atoms with Crippen molar-refractivity contribution in [1.29, 1.82) is 0 Å². The van der Waals surface area contributed by atoms with E-state index in [-0.39, 0.29) is 11.3 Å². The maximum Gasteiger partial charge on any atom is 0.230 e. The first kappa shape index (κ1) is 15.2. The van der Waals surface area contributed by atoms with Gasteiger partial charge in [-0.05, 0) is 43.4 Å². The molecule has 1 aromatic carbocycles. The van der Waals surface area contributed by atoms with Crippen molar-refractivity contribution in [3.63, 3.8) is 0 Å². The predicted octanol–water partition coefficient (Wildman–Crippen LogP) is 4.47. The molecule has 0 bridgehead atoms. The average Bonchev–Trinajstić information content (AvgIpc) is 2.81. The normalized spacial score (nSPS) is 17.4. The van der Waals surface area contributed by atoms with E-state index in [1.807, 2.05) is 0 Å². The molecule has 0 heterocycles. The van der Waals surface area contributed by atoms with Gasteiger partial charge in [0.05, 0.1) is 10.7 Å². The van der Waals surface area contributed by atoms with Gasteiger partial charge < -0.3 is 11.1 Å². The fourth-order valence-corrected chi connectivity index (χ4v) is 3.48. The van der Waals surface area contributed by atoms with Crippen molar-refractivity contribution in [2.45, 2.75) is 46.0 Å². The zero-order chi connectivity index (χ0) is 14.8. The standard InChI is InChI=1S/C16H23ClN2O/c1-11(2)10-16(7-3-4-8-16)15(20)19-14-6-5-12(18)9-13(14)17/h5-6,9,11H,3-4,7-8,10,18H2,1-2H3,(H,19,20). The Morgan fingerprint density at radius 1 is 1.40 bits per heavy atom. The van der Waals surface area contributed by atoms with Gasteiger partial charge in [0.2, 0.25) is 5.91 Å². The first-order valence-electron chi connectivity index (χ1n) is 7.29. The summed E-state index contributed by atoms with van der Waals surface area (Å²) in [6.07, 6.45) is 5.16. The lowest BCUT2D eigenvalue weighted by molar-refractivity contribution is -0.126. The van der Waals surface area contributed by atoms with Crippen LogP contribution >= 0.6 is 11.6 Å². The first-order chi connectivity index (χ1) is 9.43. The smallest absolute Gasteiger partial charge is 0.230 e. The Labute approximate surface area is 125 Å². The lowest BCUT2D eigenvalue weighted by atomic mass is 9.77. The van der Waals surface area contributed by atoms with Gasteiger partial charge in [-0.15, -0.1) is 0 Å². The fourth-order valence-electron chi connectivity index (χ4n) is 3.24. The molecule has 110 valence electrons. The summed E-state index contributed by atoms with van der Waals surface area (Å²) in [6, 6.07) is 5.19. The topological polar surface area (TPSA) is 55.1 Å². The van der Waals surface area contributed by atoms with Gasteiger partial charge in [0.25, 0.3) is 0 Å². The minimum atomic E-state index is -0.223. The molecule has 0 aromatic heterocycles. The van der Waals surface area contributed by atoms with E-state index >= 15 is 0 Å². The van der Waals surface area contributed by atoms with Crippen molar-refractivity contribution in [2.75, 3.05) is 11.1 Å². The van der Waals surface area contributed by atoms with E-state index in [9.17, 15) is 4.79 Å². The molecule has 0 radical (unpaired) electrons. The molecule has 3 N–H and O–H groups in total. The van der Waals surface area contributed by atoms with Crippen molar-refractivity contribution in [2.24, 2.45) is 11.3 Å². The molecule has 0 unspecified atom stereocenters. The average molecular weight is 295 g/mol. The van der Waals surface area contributed by atoms with Crippen LogP contribution in [0.5, 0.6) is 0 Å².